The van der Waals surface area contributed by atoms with Crippen LogP contribution >= 0.6 is 0 Å². The number of carbonyl (C=O) groups is 1. The Morgan fingerprint density at radius 3 is 2.05 bits per heavy atom. The van der Waals surface area contributed by atoms with Crippen LogP contribution in [0.15, 0.2) is 11.6 Å². The third-order valence-electron chi connectivity index (χ3n) is 18.7. The van der Waals surface area contributed by atoms with Gasteiger partial charge in [0.25, 0.3) is 0 Å². The van der Waals surface area contributed by atoms with Gasteiger partial charge in [0.15, 0.2) is 18.9 Å². The van der Waals surface area contributed by atoms with E-state index in [4.69, 9.17) is 28.4 Å². The maximum atomic E-state index is 13.1. The topological polar surface area (TPSA) is 255 Å². The Bertz CT molecular complexity index is 1690. The summed E-state index contributed by atoms with van der Waals surface area (Å²) in [7, 11) is 0. The van der Waals surface area contributed by atoms with Gasteiger partial charge in [0.2, 0.25) is 0 Å². The first-order chi connectivity index (χ1) is 29.0. The molecule has 3 saturated heterocycles. The summed E-state index contributed by atoms with van der Waals surface area (Å²) in [5.41, 5.74) is -0.637. The van der Waals surface area contributed by atoms with Crippen molar-refractivity contribution in [2.75, 3.05) is 19.8 Å². The maximum Gasteiger partial charge on any atom is 0.310 e. The Labute approximate surface area is 364 Å². The molecule has 4 saturated carbocycles. The van der Waals surface area contributed by atoms with Crippen LogP contribution in [0, 0.1) is 50.2 Å². The van der Waals surface area contributed by atoms with E-state index in [2.05, 4.69) is 40.7 Å². The molecule has 16 nitrogen and oxygen atoms in total. The smallest absolute Gasteiger partial charge is 0.310 e. The number of rotatable bonds is 8. The summed E-state index contributed by atoms with van der Waals surface area (Å²) in [4.78, 5) is 13.1. The number of fused-ring (bicyclic) bond motifs is 7. The summed E-state index contributed by atoms with van der Waals surface area (Å²) in [5.74, 6) is -0.403. The van der Waals surface area contributed by atoms with Crippen molar-refractivity contribution < 1.29 is 79.2 Å². The van der Waals surface area contributed by atoms with E-state index in [1.165, 1.54) is 12.5 Å². The molecule has 16 heteroatoms. The summed E-state index contributed by atoms with van der Waals surface area (Å²) in [6.07, 6.45) is -9.39. The molecule has 8 aliphatic rings. The molecule has 3 unspecified atom stereocenters. The summed E-state index contributed by atoms with van der Waals surface area (Å²) >= 11 is 0. The number of ether oxygens (including phenoxy) is 6. The van der Waals surface area contributed by atoms with E-state index in [1.54, 1.807) is 0 Å². The lowest BCUT2D eigenvalue weighted by Crippen LogP contribution is -2.67. The van der Waals surface area contributed by atoms with Crippen molar-refractivity contribution >= 4 is 5.97 Å². The van der Waals surface area contributed by atoms with Crippen molar-refractivity contribution in [3.63, 3.8) is 0 Å². The lowest BCUT2D eigenvalue weighted by molar-refractivity contribution is -0.384. The van der Waals surface area contributed by atoms with Gasteiger partial charge in [-0.15, -0.1) is 0 Å². The number of carboxylic acids is 1. The predicted octanol–water partition coefficient (Wildman–Crippen LogP) is 1.98. The Hall–Kier alpha value is -1.35. The fraction of sp³-hybridized carbons (Fsp3) is 0.935. The first-order valence-corrected chi connectivity index (χ1v) is 23.1. The van der Waals surface area contributed by atoms with Crippen LogP contribution in [0.3, 0.4) is 0 Å². The van der Waals surface area contributed by atoms with Crippen LogP contribution in [-0.4, -0.2) is 158 Å². The fourth-order valence-corrected chi connectivity index (χ4v) is 14.5. The molecule has 3 aliphatic heterocycles. The highest BCUT2D eigenvalue weighted by Crippen LogP contribution is 2.76. The summed E-state index contributed by atoms with van der Waals surface area (Å²) in [6, 6.07) is 0. The van der Waals surface area contributed by atoms with Crippen LogP contribution in [0.25, 0.3) is 0 Å². The van der Waals surface area contributed by atoms with Crippen molar-refractivity contribution in [3.05, 3.63) is 11.6 Å². The van der Waals surface area contributed by atoms with Gasteiger partial charge in [-0.2, -0.15) is 0 Å². The Morgan fingerprint density at radius 2 is 1.35 bits per heavy atom. The van der Waals surface area contributed by atoms with Gasteiger partial charge >= 0.3 is 5.97 Å². The van der Waals surface area contributed by atoms with Crippen LogP contribution in [0.1, 0.15) is 113 Å². The molecule has 5 aliphatic carbocycles. The number of carboxylic acid groups (broad SMARTS) is 1. The van der Waals surface area contributed by atoms with Gasteiger partial charge in [0.1, 0.15) is 54.9 Å². The quantitative estimate of drug-likeness (QED) is 0.125. The van der Waals surface area contributed by atoms with Gasteiger partial charge in [-0.1, -0.05) is 53.2 Å². The van der Waals surface area contributed by atoms with E-state index < -0.39 is 103 Å². The van der Waals surface area contributed by atoms with E-state index in [0.717, 1.165) is 44.9 Å². The van der Waals surface area contributed by atoms with Crippen molar-refractivity contribution in [2.24, 2.45) is 50.2 Å². The monoisotopic (exact) mass is 882 g/mol. The number of aliphatic carboxylic acids is 1. The van der Waals surface area contributed by atoms with Crippen molar-refractivity contribution in [1.82, 2.24) is 0 Å². The van der Waals surface area contributed by atoms with E-state index in [1.807, 2.05) is 6.92 Å². The summed E-state index contributed by atoms with van der Waals surface area (Å²) in [5, 5.41) is 97.0. The molecule has 354 valence electrons. The highest BCUT2D eigenvalue weighted by molar-refractivity contribution is 5.76. The zero-order valence-corrected chi connectivity index (χ0v) is 37.5. The molecular weight excluding hydrogens is 808 g/mol. The molecule has 0 spiro atoms. The largest absolute Gasteiger partial charge is 0.481 e. The van der Waals surface area contributed by atoms with Gasteiger partial charge < -0.3 is 74.4 Å². The molecule has 3 heterocycles. The average molecular weight is 883 g/mol. The summed E-state index contributed by atoms with van der Waals surface area (Å²) in [6.45, 7) is 14.4. The maximum absolute atomic E-state index is 13.1. The minimum atomic E-state index is -1.73. The molecule has 0 aromatic rings. The van der Waals surface area contributed by atoms with Gasteiger partial charge in [-0.3, -0.25) is 4.79 Å². The Kier molecular flexibility index (Phi) is 12.5. The third-order valence-corrected chi connectivity index (χ3v) is 18.7. The highest BCUT2D eigenvalue weighted by atomic mass is 16.8. The number of aliphatic hydroxyl groups excluding tert-OH is 8. The van der Waals surface area contributed by atoms with Crippen molar-refractivity contribution in [2.45, 2.75) is 199 Å². The second kappa shape index (κ2) is 16.5. The third kappa shape index (κ3) is 7.19. The van der Waals surface area contributed by atoms with Crippen LogP contribution in [0.5, 0.6) is 0 Å². The minimum absolute atomic E-state index is 0.00380. The Balaban J connectivity index is 1.08. The minimum Gasteiger partial charge on any atom is -0.481 e. The lowest BCUT2D eigenvalue weighted by Gasteiger charge is -2.71. The van der Waals surface area contributed by atoms with Gasteiger partial charge in [-0.25, -0.2) is 0 Å². The number of hydrogen-bond donors (Lipinski definition) is 9. The molecule has 7 fully saturated rings. The highest BCUT2D eigenvalue weighted by Gasteiger charge is 2.70. The molecule has 0 aromatic heterocycles. The van der Waals surface area contributed by atoms with E-state index in [-0.39, 0.29) is 59.2 Å². The number of hydrogen-bond acceptors (Lipinski definition) is 15. The zero-order chi connectivity index (χ0) is 45.1. The molecule has 9 N–H and O–H groups in total. The molecule has 8 rings (SSSR count). The number of allylic oxidation sites excluding steroid dienone is 2. The van der Waals surface area contributed by atoms with E-state index in [9.17, 15) is 50.8 Å². The van der Waals surface area contributed by atoms with Gasteiger partial charge in [0.05, 0.1) is 37.4 Å². The molecule has 0 bridgehead atoms. The second-order valence-corrected chi connectivity index (χ2v) is 22.4. The van der Waals surface area contributed by atoms with Gasteiger partial charge in [-0.05, 0) is 111 Å². The first-order valence-electron chi connectivity index (χ1n) is 23.1. The fourth-order valence-electron chi connectivity index (χ4n) is 14.5. The Morgan fingerprint density at radius 1 is 0.710 bits per heavy atom. The standard InChI is InChI=1S/C46H74O16/c1-22-30(50)32(52)34(54)38(59-22)62-36-35(61-37-33(53)31(51)25(48)19-57-37)26(49)20-58-39(36)60-29-11-12-42(4)27(43(29,5)21-47)10-13-45(7)28(42)9-8-23-24-18-41(2,3)14-16-46(24,40(55)56)17-15-44(23,45)6/h8,22,24-39,47-54H,9-21H2,1-7H3,(H,55,56)/t22-,24?,25+,26-,27?,28?,29+,30-,31-,32+,33+,34+,35-,36+,37-,38-,39-,42-,43-,44+,45+,46-/m0/s1. The van der Waals surface area contributed by atoms with Crippen LogP contribution in [-0.2, 0) is 33.2 Å². The van der Waals surface area contributed by atoms with E-state index >= 15 is 0 Å². The number of aliphatic hydroxyl groups is 8. The normalized spacial score (nSPS) is 55.1. The predicted molar refractivity (Wildman–Crippen MR) is 219 cm³/mol. The SMILES string of the molecule is C[C@@H]1O[C@@H](O[C@H]2[C@H](O[C@@H]3CC[C@@]4(C)C(CC[C@]5(C)C4CC=C4C6CC(C)(C)CC[C@]6(C(=O)O)CC[C@]45C)[C@]3(C)CO)OC[C@H](O)[C@@H]2O[C@@H]2OC[C@@H](O)[C@H](O)[C@H]2O)[C@H](O)[C@H](O)[C@H]1O. The van der Waals surface area contributed by atoms with Crippen LogP contribution < -0.4 is 0 Å². The van der Waals surface area contributed by atoms with Crippen LogP contribution in [0.4, 0.5) is 0 Å². The average Bonchev–Trinajstić information content (AvgIpc) is 3.22. The molecule has 0 radical (unpaired) electrons. The molecule has 0 amide bonds. The molecular formula is C46H74O16. The van der Waals surface area contributed by atoms with Crippen LogP contribution in [0.2, 0.25) is 0 Å². The molecule has 22 atom stereocenters. The molecule has 0 aromatic carbocycles. The molecule has 62 heavy (non-hydrogen) atoms. The zero-order valence-electron chi connectivity index (χ0n) is 37.5. The first kappa shape index (κ1) is 47.2. The van der Waals surface area contributed by atoms with Gasteiger partial charge in [0, 0.05) is 5.41 Å². The second-order valence-electron chi connectivity index (χ2n) is 22.4. The van der Waals surface area contributed by atoms with E-state index in [0.29, 0.717) is 19.3 Å². The van der Waals surface area contributed by atoms with Crippen molar-refractivity contribution in [1.29, 1.82) is 0 Å². The lowest BCUT2D eigenvalue weighted by atomic mass is 9.33. The van der Waals surface area contributed by atoms with Crippen molar-refractivity contribution in [3.8, 4) is 0 Å². The summed E-state index contributed by atoms with van der Waals surface area (Å²) < 4.78 is 36.8.